The van der Waals surface area contributed by atoms with Gasteiger partial charge in [-0.25, -0.2) is 4.98 Å². The van der Waals surface area contributed by atoms with Crippen molar-refractivity contribution in [1.82, 2.24) is 9.97 Å². The van der Waals surface area contributed by atoms with E-state index in [4.69, 9.17) is 0 Å². The summed E-state index contributed by atoms with van der Waals surface area (Å²) in [6.07, 6.45) is 1.67. The summed E-state index contributed by atoms with van der Waals surface area (Å²) in [5.74, 6) is -0.114. The molecular weight excluding hydrogens is 322 g/mol. The fraction of sp³-hybridized carbons (Fsp3) is 0.389. The summed E-state index contributed by atoms with van der Waals surface area (Å²) in [5.41, 5.74) is 3.50. The van der Waals surface area contributed by atoms with Crippen LogP contribution in [0.3, 0.4) is 0 Å². The maximum atomic E-state index is 12.4. The van der Waals surface area contributed by atoms with Gasteiger partial charge in [0.25, 0.3) is 5.56 Å². The van der Waals surface area contributed by atoms with Crippen LogP contribution in [0.15, 0.2) is 34.2 Å². The van der Waals surface area contributed by atoms with E-state index in [1.165, 1.54) is 17.8 Å². The zero-order chi connectivity index (χ0) is 17.7. The minimum absolute atomic E-state index is 0.114. The highest BCUT2D eigenvalue weighted by Gasteiger charge is 2.17. The molecule has 1 atom stereocenters. The monoisotopic (exact) mass is 345 g/mol. The summed E-state index contributed by atoms with van der Waals surface area (Å²) in [4.78, 5) is 31.2. The summed E-state index contributed by atoms with van der Waals surface area (Å²) in [6, 6.07) is 7.45. The van der Waals surface area contributed by atoms with Crippen molar-refractivity contribution in [1.29, 1.82) is 0 Å². The minimum Gasteiger partial charge on any atom is -0.325 e. The van der Waals surface area contributed by atoms with Gasteiger partial charge in [-0.05, 0) is 44.4 Å². The lowest BCUT2D eigenvalue weighted by atomic mass is 10.1. The van der Waals surface area contributed by atoms with E-state index in [1.807, 2.05) is 39.0 Å². The number of nitrogens with one attached hydrogen (secondary N) is 2. The van der Waals surface area contributed by atoms with Crippen LogP contribution in [-0.4, -0.2) is 21.1 Å². The van der Waals surface area contributed by atoms with Gasteiger partial charge < -0.3 is 10.3 Å². The molecule has 0 bridgehead atoms. The highest BCUT2D eigenvalue weighted by molar-refractivity contribution is 8.00. The Morgan fingerprint density at radius 1 is 1.33 bits per heavy atom. The van der Waals surface area contributed by atoms with E-state index in [2.05, 4.69) is 15.3 Å². The molecule has 2 rings (SSSR count). The Morgan fingerprint density at radius 2 is 2.08 bits per heavy atom. The minimum atomic E-state index is -0.370. The molecule has 128 valence electrons. The van der Waals surface area contributed by atoms with E-state index in [9.17, 15) is 9.59 Å². The maximum absolute atomic E-state index is 12.4. The number of benzene rings is 1. The molecule has 1 aromatic carbocycles. The van der Waals surface area contributed by atoms with Gasteiger partial charge in [0.05, 0.1) is 5.25 Å². The summed E-state index contributed by atoms with van der Waals surface area (Å²) in [5, 5.41) is 3.06. The van der Waals surface area contributed by atoms with Crippen molar-refractivity contribution < 1.29 is 4.79 Å². The lowest BCUT2D eigenvalue weighted by Gasteiger charge is -2.14. The molecule has 24 heavy (non-hydrogen) atoms. The van der Waals surface area contributed by atoms with Gasteiger partial charge in [-0.3, -0.25) is 9.59 Å². The Labute approximate surface area is 146 Å². The normalized spacial score (nSPS) is 12.0. The van der Waals surface area contributed by atoms with Crippen LogP contribution in [0.4, 0.5) is 5.69 Å². The van der Waals surface area contributed by atoms with Gasteiger partial charge >= 0.3 is 0 Å². The Balaban J connectivity index is 2.09. The molecule has 1 unspecified atom stereocenters. The van der Waals surface area contributed by atoms with Gasteiger partial charge in [-0.2, -0.15) is 0 Å². The van der Waals surface area contributed by atoms with Crippen LogP contribution >= 0.6 is 11.8 Å². The van der Waals surface area contributed by atoms with Gasteiger partial charge in [-0.1, -0.05) is 37.2 Å². The van der Waals surface area contributed by atoms with Crippen LogP contribution in [-0.2, 0) is 11.2 Å². The first-order chi connectivity index (χ1) is 11.4. The second-order valence-corrected chi connectivity index (χ2v) is 7.19. The molecule has 6 heteroatoms. The lowest BCUT2D eigenvalue weighted by molar-refractivity contribution is -0.115. The van der Waals surface area contributed by atoms with Crippen LogP contribution in [0, 0.1) is 13.8 Å². The molecule has 0 saturated carbocycles. The Morgan fingerprint density at radius 3 is 2.79 bits per heavy atom. The van der Waals surface area contributed by atoms with Gasteiger partial charge in [-0.15, -0.1) is 0 Å². The fourth-order valence-corrected chi connectivity index (χ4v) is 3.08. The van der Waals surface area contributed by atoms with Gasteiger partial charge in [0.15, 0.2) is 5.16 Å². The molecule has 0 aliphatic carbocycles. The molecule has 1 amide bonds. The number of aromatic amines is 1. The van der Waals surface area contributed by atoms with E-state index in [0.29, 0.717) is 5.16 Å². The van der Waals surface area contributed by atoms with E-state index >= 15 is 0 Å². The molecule has 5 nitrogen and oxygen atoms in total. The number of amides is 1. The Hall–Kier alpha value is -2.08. The Kier molecular flexibility index (Phi) is 6.20. The number of hydrogen-bond acceptors (Lipinski definition) is 4. The molecule has 0 saturated heterocycles. The van der Waals surface area contributed by atoms with Crippen LogP contribution < -0.4 is 10.9 Å². The second kappa shape index (κ2) is 8.15. The molecule has 0 aliphatic heterocycles. The van der Waals surface area contributed by atoms with Crippen molar-refractivity contribution in [3.8, 4) is 0 Å². The molecule has 1 aromatic heterocycles. The lowest BCUT2D eigenvalue weighted by Crippen LogP contribution is -2.23. The van der Waals surface area contributed by atoms with Crippen molar-refractivity contribution in [3.05, 3.63) is 51.4 Å². The first-order valence-electron chi connectivity index (χ1n) is 8.04. The van der Waals surface area contributed by atoms with Crippen molar-refractivity contribution in [2.45, 2.75) is 50.9 Å². The quantitative estimate of drug-likeness (QED) is 0.621. The number of carbonyl (C=O) groups excluding carboxylic acids is 1. The summed E-state index contributed by atoms with van der Waals surface area (Å²) in [6.45, 7) is 7.79. The predicted octanol–water partition coefficient (Wildman–Crippen LogP) is 3.46. The number of carbonyl (C=O) groups is 1. The highest BCUT2D eigenvalue weighted by Crippen LogP contribution is 2.22. The maximum Gasteiger partial charge on any atom is 0.251 e. The average molecular weight is 345 g/mol. The third-order valence-corrected chi connectivity index (χ3v) is 4.57. The number of H-pyrrole nitrogens is 1. The van der Waals surface area contributed by atoms with Crippen molar-refractivity contribution in [2.75, 3.05) is 5.32 Å². The summed E-state index contributed by atoms with van der Waals surface area (Å²) >= 11 is 1.26. The SMILES string of the molecule is CCCc1cc(=O)[nH]c(SC(C)C(=O)Nc2cc(C)ccc2C)n1. The fourth-order valence-electron chi connectivity index (χ4n) is 2.25. The first kappa shape index (κ1) is 18.3. The standard InChI is InChI=1S/C18H23N3O2S/c1-5-6-14-10-16(22)21-18(19-14)24-13(4)17(23)20-15-9-11(2)7-8-12(15)3/h7-10,13H,5-6H2,1-4H3,(H,20,23)(H,19,21,22). The first-order valence-corrected chi connectivity index (χ1v) is 8.92. The van der Waals surface area contributed by atoms with E-state index in [-0.39, 0.29) is 16.7 Å². The predicted molar refractivity (Wildman–Crippen MR) is 98.7 cm³/mol. The van der Waals surface area contributed by atoms with Crippen LogP contribution in [0.5, 0.6) is 0 Å². The zero-order valence-corrected chi connectivity index (χ0v) is 15.3. The topological polar surface area (TPSA) is 74.8 Å². The molecule has 0 spiro atoms. The number of thioether (sulfide) groups is 1. The van der Waals surface area contributed by atoms with E-state index in [0.717, 1.165) is 35.3 Å². The molecule has 1 heterocycles. The zero-order valence-electron chi connectivity index (χ0n) is 14.5. The van der Waals surface area contributed by atoms with Crippen LogP contribution in [0.25, 0.3) is 0 Å². The number of anilines is 1. The average Bonchev–Trinajstić information content (AvgIpc) is 2.50. The molecular formula is C18H23N3O2S. The summed E-state index contributed by atoms with van der Waals surface area (Å²) < 4.78 is 0. The summed E-state index contributed by atoms with van der Waals surface area (Å²) in [7, 11) is 0. The van der Waals surface area contributed by atoms with Crippen molar-refractivity contribution >= 4 is 23.4 Å². The number of nitrogens with zero attached hydrogens (tertiary/aromatic N) is 1. The third kappa shape index (κ3) is 4.96. The van der Waals surface area contributed by atoms with Crippen molar-refractivity contribution in [3.63, 3.8) is 0 Å². The van der Waals surface area contributed by atoms with Gasteiger partial charge in [0, 0.05) is 17.4 Å². The highest BCUT2D eigenvalue weighted by atomic mass is 32.2. The van der Waals surface area contributed by atoms with Crippen LogP contribution in [0.1, 0.15) is 37.1 Å². The van der Waals surface area contributed by atoms with Gasteiger partial charge in [0.2, 0.25) is 5.91 Å². The van der Waals surface area contributed by atoms with Crippen LogP contribution in [0.2, 0.25) is 0 Å². The van der Waals surface area contributed by atoms with E-state index < -0.39 is 0 Å². The van der Waals surface area contributed by atoms with E-state index in [1.54, 1.807) is 6.92 Å². The molecule has 2 N–H and O–H groups in total. The molecule has 0 fully saturated rings. The smallest absolute Gasteiger partial charge is 0.251 e. The number of rotatable bonds is 6. The molecule has 0 aliphatic rings. The van der Waals surface area contributed by atoms with Crippen molar-refractivity contribution in [2.24, 2.45) is 0 Å². The number of aromatic nitrogens is 2. The Bertz CT molecular complexity index is 786. The molecule has 2 aromatic rings. The van der Waals surface area contributed by atoms with Gasteiger partial charge in [0.1, 0.15) is 0 Å². The number of aryl methyl sites for hydroxylation is 3. The largest absolute Gasteiger partial charge is 0.325 e. The second-order valence-electron chi connectivity index (χ2n) is 5.86. The molecule has 0 radical (unpaired) electrons. The third-order valence-electron chi connectivity index (χ3n) is 3.59. The number of hydrogen-bond donors (Lipinski definition) is 2.